The van der Waals surface area contributed by atoms with Crippen LogP contribution in [-0.4, -0.2) is 37.1 Å². The first-order valence-electron chi connectivity index (χ1n) is 5.58. The van der Waals surface area contributed by atoms with Crippen molar-refractivity contribution < 1.29 is 19.4 Å². The normalized spacial score (nSPS) is 11.6. The number of nitrogens with one attached hydrogen (secondary N) is 1. The van der Waals surface area contributed by atoms with E-state index in [1.54, 1.807) is 30.3 Å². The van der Waals surface area contributed by atoms with Gasteiger partial charge in [0.1, 0.15) is 12.7 Å². The first-order chi connectivity index (χ1) is 8.72. The third-order valence-electron chi connectivity index (χ3n) is 1.97. The molecule has 18 heavy (non-hydrogen) atoms. The molecule has 0 aliphatic heterocycles. The van der Waals surface area contributed by atoms with Crippen LogP contribution in [0.5, 0.6) is 0 Å². The smallest absolute Gasteiger partial charge is 0.411 e. The Balaban J connectivity index is 2.18. The van der Waals surface area contributed by atoms with E-state index in [1.165, 1.54) is 0 Å². The van der Waals surface area contributed by atoms with E-state index in [-0.39, 0.29) is 13.2 Å². The topological polar surface area (TPSA) is 67.8 Å². The van der Waals surface area contributed by atoms with Crippen molar-refractivity contribution in [3.8, 4) is 0 Å². The number of benzene rings is 1. The highest BCUT2D eigenvalue weighted by atomic mass is 16.6. The molecule has 98 valence electrons. The van der Waals surface area contributed by atoms with Crippen LogP contribution in [0.3, 0.4) is 0 Å². The molecule has 0 saturated heterocycles. The minimum atomic E-state index is -0.841. The monoisotopic (exact) mass is 251 g/mol. The van der Waals surface area contributed by atoms with Gasteiger partial charge in [0, 0.05) is 5.69 Å². The SMILES string of the molecule is C=CCOCC(O)COC(=O)Nc1ccccc1. The van der Waals surface area contributed by atoms with Crippen LogP contribution in [0, 0.1) is 0 Å². The molecule has 0 radical (unpaired) electrons. The Hall–Kier alpha value is -1.85. The van der Waals surface area contributed by atoms with Crippen LogP contribution in [0.4, 0.5) is 10.5 Å². The average Bonchev–Trinajstić information content (AvgIpc) is 2.38. The molecule has 0 bridgehead atoms. The van der Waals surface area contributed by atoms with Gasteiger partial charge in [0.2, 0.25) is 0 Å². The lowest BCUT2D eigenvalue weighted by atomic mass is 10.3. The fourth-order valence-corrected chi connectivity index (χ4v) is 1.18. The summed E-state index contributed by atoms with van der Waals surface area (Å²) in [6, 6.07) is 8.92. The van der Waals surface area contributed by atoms with Gasteiger partial charge in [0.05, 0.1) is 13.2 Å². The summed E-state index contributed by atoms with van der Waals surface area (Å²) in [5, 5.41) is 12.0. The lowest BCUT2D eigenvalue weighted by Gasteiger charge is -2.11. The molecule has 1 aromatic carbocycles. The highest BCUT2D eigenvalue weighted by Crippen LogP contribution is 2.05. The molecular weight excluding hydrogens is 234 g/mol. The van der Waals surface area contributed by atoms with Gasteiger partial charge < -0.3 is 14.6 Å². The summed E-state index contributed by atoms with van der Waals surface area (Å²) in [4.78, 5) is 11.3. The Kier molecular flexibility index (Phi) is 6.53. The minimum Gasteiger partial charge on any atom is -0.446 e. The Morgan fingerprint density at radius 1 is 1.39 bits per heavy atom. The van der Waals surface area contributed by atoms with Crippen LogP contribution < -0.4 is 5.32 Å². The summed E-state index contributed by atoms with van der Waals surface area (Å²) in [7, 11) is 0. The van der Waals surface area contributed by atoms with E-state index >= 15 is 0 Å². The molecule has 5 heteroatoms. The number of ether oxygens (including phenoxy) is 2. The van der Waals surface area contributed by atoms with Crippen LogP contribution >= 0.6 is 0 Å². The zero-order chi connectivity index (χ0) is 13.2. The predicted molar refractivity (Wildman–Crippen MR) is 68.4 cm³/mol. The molecule has 0 aliphatic carbocycles. The van der Waals surface area contributed by atoms with Gasteiger partial charge in [0.15, 0.2) is 0 Å². The van der Waals surface area contributed by atoms with E-state index in [1.807, 2.05) is 6.07 Å². The third-order valence-corrected chi connectivity index (χ3v) is 1.97. The molecule has 5 nitrogen and oxygen atoms in total. The van der Waals surface area contributed by atoms with Gasteiger partial charge in [-0.3, -0.25) is 5.32 Å². The molecule has 0 saturated carbocycles. The van der Waals surface area contributed by atoms with Gasteiger partial charge >= 0.3 is 6.09 Å². The van der Waals surface area contributed by atoms with Crippen LogP contribution in [0.15, 0.2) is 43.0 Å². The standard InChI is InChI=1S/C13H17NO4/c1-2-8-17-9-12(15)10-18-13(16)14-11-6-4-3-5-7-11/h2-7,12,15H,1,8-10H2,(H,14,16). The largest absolute Gasteiger partial charge is 0.446 e. The van der Waals surface area contributed by atoms with E-state index < -0.39 is 12.2 Å². The number of rotatable bonds is 7. The number of amides is 1. The number of anilines is 1. The number of aliphatic hydroxyl groups excluding tert-OH is 1. The van der Waals surface area contributed by atoms with Gasteiger partial charge in [-0.25, -0.2) is 4.79 Å². The van der Waals surface area contributed by atoms with E-state index in [0.29, 0.717) is 12.3 Å². The second-order valence-electron chi connectivity index (χ2n) is 3.57. The fraction of sp³-hybridized carbons (Fsp3) is 0.308. The van der Waals surface area contributed by atoms with Crippen molar-refractivity contribution in [1.29, 1.82) is 0 Å². The second-order valence-corrected chi connectivity index (χ2v) is 3.57. The summed E-state index contributed by atoms with van der Waals surface area (Å²) >= 11 is 0. The molecule has 0 aliphatic rings. The van der Waals surface area contributed by atoms with E-state index in [9.17, 15) is 9.90 Å². The van der Waals surface area contributed by atoms with Crippen LogP contribution in [0.2, 0.25) is 0 Å². The van der Waals surface area contributed by atoms with Crippen molar-refractivity contribution in [2.75, 3.05) is 25.1 Å². The number of aliphatic hydroxyl groups is 1. The van der Waals surface area contributed by atoms with Gasteiger partial charge in [-0.15, -0.1) is 6.58 Å². The van der Waals surface area contributed by atoms with Crippen molar-refractivity contribution in [2.45, 2.75) is 6.10 Å². The van der Waals surface area contributed by atoms with E-state index in [4.69, 9.17) is 9.47 Å². The fourth-order valence-electron chi connectivity index (χ4n) is 1.18. The maximum Gasteiger partial charge on any atom is 0.411 e. The molecule has 0 spiro atoms. The summed E-state index contributed by atoms with van der Waals surface area (Å²) in [6.07, 6.45) is 0.130. The summed E-state index contributed by atoms with van der Waals surface area (Å²) < 4.78 is 9.85. The first-order valence-corrected chi connectivity index (χ1v) is 5.58. The predicted octanol–water partition coefficient (Wildman–Crippen LogP) is 1.80. The lowest BCUT2D eigenvalue weighted by Crippen LogP contribution is -2.25. The number of hydrogen-bond donors (Lipinski definition) is 2. The quantitative estimate of drug-likeness (QED) is 0.572. The molecule has 1 amide bonds. The lowest BCUT2D eigenvalue weighted by molar-refractivity contribution is 0.0102. The van der Waals surface area contributed by atoms with E-state index in [2.05, 4.69) is 11.9 Å². The second kappa shape index (κ2) is 8.27. The molecule has 1 unspecified atom stereocenters. The molecule has 2 N–H and O–H groups in total. The van der Waals surface area contributed by atoms with Crippen molar-refractivity contribution in [1.82, 2.24) is 0 Å². The Bertz CT molecular complexity index is 367. The number of para-hydroxylation sites is 1. The zero-order valence-corrected chi connectivity index (χ0v) is 10.0. The molecule has 1 rings (SSSR count). The van der Waals surface area contributed by atoms with Crippen molar-refractivity contribution in [2.24, 2.45) is 0 Å². The summed E-state index contributed by atoms with van der Waals surface area (Å²) in [5.74, 6) is 0. The number of carbonyl (C=O) groups excluding carboxylic acids is 1. The third kappa shape index (κ3) is 6.03. The highest BCUT2D eigenvalue weighted by Gasteiger charge is 2.08. The Morgan fingerprint density at radius 2 is 2.11 bits per heavy atom. The van der Waals surface area contributed by atoms with Crippen LogP contribution in [-0.2, 0) is 9.47 Å². The van der Waals surface area contributed by atoms with E-state index in [0.717, 1.165) is 0 Å². The molecule has 1 aromatic rings. The molecule has 0 fully saturated rings. The number of carbonyl (C=O) groups is 1. The highest BCUT2D eigenvalue weighted by molar-refractivity contribution is 5.84. The van der Waals surface area contributed by atoms with Crippen LogP contribution in [0.25, 0.3) is 0 Å². The molecule has 1 atom stereocenters. The minimum absolute atomic E-state index is 0.102. The van der Waals surface area contributed by atoms with Crippen molar-refractivity contribution in [3.05, 3.63) is 43.0 Å². The summed E-state index contributed by atoms with van der Waals surface area (Å²) in [6.45, 7) is 3.82. The Morgan fingerprint density at radius 3 is 2.78 bits per heavy atom. The molecule has 0 heterocycles. The Labute approximate surface area is 106 Å². The summed E-state index contributed by atoms with van der Waals surface area (Å²) in [5.41, 5.74) is 0.639. The average molecular weight is 251 g/mol. The van der Waals surface area contributed by atoms with Gasteiger partial charge in [-0.05, 0) is 12.1 Å². The van der Waals surface area contributed by atoms with Gasteiger partial charge in [-0.1, -0.05) is 24.3 Å². The first kappa shape index (κ1) is 14.2. The zero-order valence-electron chi connectivity index (χ0n) is 10.0. The maximum atomic E-state index is 11.3. The van der Waals surface area contributed by atoms with Gasteiger partial charge in [-0.2, -0.15) is 0 Å². The van der Waals surface area contributed by atoms with Crippen molar-refractivity contribution in [3.63, 3.8) is 0 Å². The molecular formula is C13H17NO4. The van der Waals surface area contributed by atoms with Crippen LogP contribution in [0.1, 0.15) is 0 Å². The number of hydrogen-bond acceptors (Lipinski definition) is 4. The maximum absolute atomic E-state index is 11.3. The van der Waals surface area contributed by atoms with Crippen molar-refractivity contribution >= 4 is 11.8 Å². The van der Waals surface area contributed by atoms with Gasteiger partial charge in [0.25, 0.3) is 0 Å². The molecule has 0 aromatic heterocycles.